The van der Waals surface area contributed by atoms with Crippen LogP contribution in [0.3, 0.4) is 0 Å². The molecule has 0 saturated heterocycles. The number of ether oxygens (including phenoxy) is 1. The van der Waals surface area contributed by atoms with Gasteiger partial charge in [-0.1, -0.05) is 13.8 Å². The highest BCUT2D eigenvalue weighted by atomic mass is 35.5. The molecule has 0 amide bonds. The summed E-state index contributed by atoms with van der Waals surface area (Å²) in [6.07, 6.45) is 1.06. The maximum atomic E-state index is 5.74. The Morgan fingerprint density at radius 2 is 1.91 bits per heavy atom. The Kier molecular flexibility index (Phi) is 10.4. The standard InChI is InChI=1S/C8H19NO.ClH/c1-4-10-6-8(9)5-7(2)3;/h7-8H,4-6,9H2,1-3H3;1H/t8-;/m1./s1. The number of hydrogen-bond acceptors (Lipinski definition) is 2. The summed E-state index contributed by atoms with van der Waals surface area (Å²) in [5, 5.41) is 0. The van der Waals surface area contributed by atoms with Crippen LogP contribution in [-0.4, -0.2) is 19.3 Å². The molecule has 0 aromatic rings. The van der Waals surface area contributed by atoms with E-state index in [-0.39, 0.29) is 18.4 Å². The SMILES string of the molecule is CCOC[C@H](N)CC(C)C.Cl. The van der Waals surface area contributed by atoms with Crippen molar-refractivity contribution < 1.29 is 4.74 Å². The first-order chi connectivity index (χ1) is 4.66. The summed E-state index contributed by atoms with van der Waals surface area (Å²) in [6.45, 7) is 7.81. The number of nitrogens with two attached hydrogens (primary N) is 1. The second-order valence-corrected chi connectivity index (χ2v) is 3.05. The lowest BCUT2D eigenvalue weighted by Crippen LogP contribution is -2.27. The van der Waals surface area contributed by atoms with Gasteiger partial charge in [0.15, 0.2) is 0 Å². The van der Waals surface area contributed by atoms with E-state index < -0.39 is 0 Å². The molecule has 0 bridgehead atoms. The Labute approximate surface area is 75.9 Å². The fraction of sp³-hybridized carbons (Fsp3) is 1.00. The van der Waals surface area contributed by atoms with Gasteiger partial charge < -0.3 is 10.5 Å². The van der Waals surface area contributed by atoms with Crippen LogP contribution in [-0.2, 0) is 4.74 Å². The molecule has 0 aromatic carbocycles. The molecule has 0 heterocycles. The van der Waals surface area contributed by atoms with Crippen LogP contribution in [0.25, 0.3) is 0 Å². The summed E-state index contributed by atoms with van der Waals surface area (Å²) in [5.74, 6) is 0.676. The lowest BCUT2D eigenvalue weighted by molar-refractivity contribution is 0.127. The average molecular weight is 182 g/mol. The Hall–Kier alpha value is 0.210. The molecular weight excluding hydrogens is 162 g/mol. The molecule has 0 spiro atoms. The van der Waals surface area contributed by atoms with Crippen LogP contribution >= 0.6 is 12.4 Å². The quantitative estimate of drug-likeness (QED) is 0.703. The zero-order valence-electron chi connectivity index (χ0n) is 7.67. The zero-order valence-corrected chi connectivity index (χ0v) is 8.49. The van der Waals surface area contributed by atoms with E-state index >= 15 is 0 Å². The fourth-order valence-electron chi connectivity index (χ4n) is 0.943. The lowest BCUT2D eigenvalue weighted by Gasteiger charge is -2.12. The van der Waals surface area contributed by atoms with Crippen LogP contribution in [0.2, 0.25) is 0 Å². The van der Waals surface area contributed by atoms with E-state index in [1.54, 1.807) is 0 Å². The Balaban J connectivity index is 0. The number of hydrogen-bond donors (Lipinski definition) is 1. The Morgan fingerprint density at radius 1 is 1.36 bits per heavy atom. The summed E-state index contributed by atoms with van der Waals surface area (Å²) in [5.41, 5.74) is 5.74. The molecule has 2 N–H and O–H groups in total. The van der Waals surface area contributed by atoms with Gasteiger partial charge in [0.2, 0.25) is 0 Å². The van der Waals surface area contributed by atoms with Gasteiger partial charge >= 0.3 is 0 Å². The molecule has 0 aromatic heterocycles. The molecule has 0 unspecified atom stereocenters. The predicted octanol–water partition coefficient (Wildman–Crippen LogP) is 1.82. The van der Waals surface area contributed by atoms with Crippen LogP contribution in [0.5, 0.6) is 0 Å². The van der Waals surface area contributed by atoms with E-state index in [2.05, 4.69) is 13.8 Å². The van der Waals surface area contributed by atoms with Crippen molar-refractivity contribution in [2.24, 2.45) is 11.7 Å². The monoisotopic (exact) mass is 181 g/mol. The second kappa shape index (κ2) is 8.31. The van der Waals surface area contributed by atoms with Gasteiger partial charge in [-0.25, -0.2) is 0 Å². The van der Waals surface area contributed by atoms with Crippen LogP contribution < -0.4 is 5.73 Å². The zero-order chi connectivity index (χ0) is 7.98. The molecule has 0 radical (unpaired) electrons. The normalized spacial score (nSPS) is 12.8. The van der Waals surface area contributed by atoms with Crippen molar-refractivity contribution in [3.05, 3.63) is 0 Å². The molecule has 1 atom stereocenters. The predicted molar refractivity (Wildman–Crippen MR) is 51.2 cm³/mol. The van der Waals surface area contributed by atoms with E-state index in [9.17, 15) is 0 Å². The first-order valence-corrected chi connectivity index (χ1v) is 4.00. The van der Waals surface area contributed by atoms with Gasteiger partial charge in [0.1, 0.15) is 0 Å². The molecular formula is C8H20ClNO. The first-order valence-electron chi connectivity index (χ1n) is 4.00. The first kappa shape index (κ1) is 13.8. The summed E-state index contributed by atoms with van der Waals surface area (Å²) in [4.78, 5) is 0. The Bertz CT molecular complexity index is 78.5. The third kappa shape index (κ3) is 10.2. The van der Waals surface area contributed by atoms with Gasteiger partial charge in [0.05, 0.1) is 6.61 Å². The largest absolute Gasteiger partial charge is 0.380 e. The van der Waals surface area contributed by atoms with Gasteiger partial charge in [0, 0.05) is 12.6 Å². The third-order valence-electron chi connectivity index (χ3n) is 1.31. The van der Waals surface area contributed by atoms with Crippen LogP contribution in [0, 0.1) is 5.92 Å². The maximum Gasteiger partial charge on any atom is 0.0617 e. The molecule has 0 aliphatic carbocycles. The van der Waals surface area contributed by atoms with Crippen molar-refractivity contribution in [2.45, 2.75) is 33.2 Å². The van der Waals surface area contributed by atoms with E-state index in [0.717, 1.165) is 13.0 Å². The summed E-state index contributed by atoms with van der Waals surface area (Å²) >= 11 is 0. The molecule has 11 heavy (non-hydrogen) atoms. The number of halogens is 1. The second-order valence-electron chi connectivity index (χ2n) is 3.05. The van der Waals surface area contributed by atoms with Crippen molar-refractivity contribution in [3.8, 4) is 0 Å². The van der Waals surface area contributed by atoms with Crippen molar-refractivity contribution in [2.75, 3.05) is 13.2 Å². The van der Waals surface area contributed by atoms with E-state index in [0.29, 0.717) is 12.5 Å². The lowest BCUT2D eigenvalue weighted by atomic mass is 10.1. The highest BCUT2D eigenvalue weighted by Gasteiger charge is 2.03. The average Bonchev–Trinajstić information content (AvgIpc) is 1.82. The minimum atomic E-state index is 0. The molecule has 0 aliphatic rings. The van der Waals surface area contributed by atoms with Crippen molar-refractivity contribution in [1.82, 2.24) is 0 Å². The van der Waals surface area contributed by atoms with Crippen LogP contribution in [0.4, 0.5) is 0 Å². The molecule has 3 heteroatoms. The molecule has 0 aliphatic heterocycles. The minimum Gasteiger partial charge on any atom is -0.380 e. The molecule has 0 saturated carbocycles. The topological polar surface area (TPSA) is 35.2 Å². The van der Waals surface area contributed by atoms with Crippen molar-refractivity contribution in [1.29, 1.82) is 0 Å². The summed E-state index contributed by atoms with van der Waals surface area (Å²) in [7, 11) is 0. The Morgan fingerprint density at radius 3 is 2.27 bits per heavy atom. The molecule has 0 rings (SSSR count). The molecule has 2 nitrogen and oxygen atoms in total. The van der Waals surface area contributed by atoms with Gasteiger partial charge in [-0.05, 0) is 19.3 Å². The van der Waals surface area contributed by atoms with Gasteiger partial charge in [0.25, 0.3) is 0 Å². The third-order valence-corrected chi connectivity index (χ3v) is 1.31. The van der Waals surface area contributed by atoms with E-state index in [1.165, 1.54) is 0 Å². The van der Waals surface area contributed by atoms with Crippen molar-refractivity contribution >= 4 is 12.4 Å². The molecule has 70 valence electrons. The smallest absolute Gasteiger partial charge is 0.0617 e. The summed E-state index contributed by atoms with van der Waals surface area (Å²) < 4.78 is 5.17. The van der Waals surface area contributed by atoms with Crippen LogP contribution in [0.15, 0.2) is 0 Å². The molecule has 0 fully saturated rings. The number of rotatable bonds is 5. The maximum absolute atomic E-state index is 5.74. The van der Waals surface area contributed by atoms with E-state index in [4.69, 9.17) is 10.5 Å². The van der Waals surface area contributed by atoms with Gasteiger partial charge in [-0.2, -0.15) is 0 Å². The minimum absolute atomic E-state index is 0. The summed E-state index contributed by atoms with van der Waals surface area (Å²) in [6, 6.07) is 0.222. The van der Waals surface area contributed by atoms with Crippen molar-refractivity contribution in [3.63, 3.8) is 0 Å². The highest BCUT2D eigenvalue weighted by molar-refractivity contribution is 5.85. The highest BCUT2D eigenvalue weighted by Crippen LogP contribution is 2.02. The van der Waals surface area contributed by atoms with E-state index in [1.807, 2.05) is 6.92 Å². The van der Waals surface area contributed by atoms with Gasteiger partial charge in [-0.3, -0.25) is 0 Å². The fourth-order valence-corrected chi connectivity index (χ4v) is 0.943. The van der Waals surface area contributed by atoms with Crippen LogP contribution in [0.1, 0.15) is 27.2 Å². The van der Waals surface area contributed by atoms with Gasteiger partial charge in [-0.15, -0.1) is 12.4 Å².